The monoisotopic (exact) mass is 299 g/mol. The molecule has 0 saturated heterocycles. The molecule has 0 aliphatic rings. The molecule has 86 valence electrons. The van der Waals surface area contributed by atoms with Crippen molar-refractivity contribution in [1.29, 1.82) is 0 Å². The first-order chi connectivity index (χ1) is 7.58. The zero-order chi connectivity index (χ0) is 12.0. The SMILES string of the molecule is CC(C)NC(=S)NN=Cc1ccc(Br)cc1. The van der Waals surface area contributed by atoms with Gasteiger partial charge in [0.25, 0.3) is 0 Å². The predicted molar refractivity (Wildman–Crippen MR) is 75.7 cm³/mol. The molecule has 0 radical (unpaired) electrons. The molecule has 0 unspecified atom stereocenters. The normalized spacial score (nSPS) is 10.8. The fourth-order valence-corrected chi connectivity index (χ4v) is 1.56. The molecule has 0 spiro atoms. The number of benzene rings is 1. The second kappa shape index (κ2) is 6.60. The van der Waals surface area contributed by atoms with Crippen molar-refractivity contribution in [3.8, 4) is 0 Å². The Morgan fingerprint density at radius 1 is 1.38 bits per heavy atom. The molecule has 5 heteroatoms. The Labute approximate surface area is 109 Å². The van der Waals surface area contributed by atoms with E-state index in [-0.39, 0.29) is 0 Å². The molecule has 1 aromatic rings. The maximum Gasteiger partial charge on any atom is 0.187 e. The summed E-state index contributed by atoms with van der Waals surface area (Å²) in [5, 5.41) is 7.60. The molecule has 16 heavy (non-hydrogen) atoms. The number of hydrogen-bond acceptors (Lipinski definition) is 2. The molecule has 0 saturated carbocycles. The van der Waals surface area contributed by atoms with Gasteiger partial charge in [0.15, 0.2) is 5.11 Å². The number of hydrazone groups is 1. The smallest absolute Gasteiger partial charge is 0.187 e. The van der Waals surface area contributed by atoms with Crippen molar-refractivity contribution in [3.05, 3.63) is 34.3 Å². The lowest BCUT2D eigenvalue weighted by molar-refractivity contribution is 0.720. The topological polar surface area (TPSA) is 36.4 Å². The maximum absolute atomic E-state index is 5.02. The van der Waals surface area contributed by atoms with Gasteiger partial charge in [-0.25, -0.2) is 0 Å². The number of rotatable bonds is 3. The van der Waals surface area contributed by atoms with E-state index in [1.807, 2.05) is 38.1 Å². The largest absolute Gasteiger partial charge is 0.359 e. The molecule has 0 aliphatic carbocycles. The van der Waals surface area contributed by atoms with Gasteiger partial charge in [0.05, 0.1) is 6.21 Å². The number of hydrogen-bond donors (Lipinski definition) is 2. The minimum Gasteiger partial charge on any atom is -0.359 e. The molecule has 1 aromatic carbocycles. The second-order valence-corrected chi connectivity index (χ2v) is 4.87. The molecular weight excluding hydrogens is 286 g/mol. The zero-order valence-corrected chi connectivity index (χ0v) is 11.6. The number of nitrogens with zero attached hydrogens (tertiary/aromatic N) is 1. The van der Waals surface area contributed by atoms with Crippen LogP contribution in [0.3, 0.4) is 0 Å². The quantitative estimate of drug-likeness (QED) is 0.512. The number of halogens is 1. The van der Waals surface area contributed by atoms with Crippen LogP contribution in [0.15, 0.2) is 33.8 Å². The lowest BCUT2D eigenvalue weighted by Gasteiger charge is -2.09. The van der Waals surface area contributed by atoms with Crippen LogP contribution in [-0.2, 0) is 0 Å². The van der Waals surface area contributed by atoms with Crippen LogP contribution in [0, 0.1) is 0 Å². The molecular formula is C11H14BrN3S. The zero-order valence-electron chi connectivity index (χ0n) is 9.20. The average molecular weight is 300 g/mol. The lowest BCUT2D eigenvalue weighted by Crippen LogP contribution is -2.36. The van der Waals surface area contributed by atoms with Crippen molar-refractivity contribution in [2.24, 2.45) is 5.10 Å². The first kappa shape index (κ1) is 13.1. The predicted octanol–water partition coefficient (Wildman–Crippen LogP) is 2.66. The summed E-state index contributed by atoms with van der Waals surface area (Å²) in [6, 6.07) is 8.17. The van der Waals surface area contributed by atoms with E-state index in [9.17, 15) is 0 Å². The second-order valence-electron chi connectivity index (χ2n) is 3.55. The third-order valence-electron chi connectivity index (χ3n) is 1.67. The molecule has 2 N–H and O–H groups in total. The molecule has 3 nitrogen and oxygen atoms in total. The standard InChI is InChI=1S/C11H14BrN3S/c1-8(2)14-11(16)15-13-7-9-3-5-10(12)6-4-9/h3-8H,1-2H3,(H2,14,15,16). The van der Waals surface area contributed by atoms with Crippen LogP contribution in [0.25, 0.3) is 0 Å². The van der Waals surface area contributed by atoms with Crippen molar-refractivity contribution >= 4 is 39.5 Å². The minimum atomic E-state index is 0.308. The molecule has 0 aromatic heterocycles. The lowest BCUT2D eigenvalue weighted by atomic mass is 10.2. The molecule has 0 heterocycles. The van der Waals surface area contributed by atoms with E-state index in [2.05, 4.69) is 31.8 Å². The first-order valence-electron chi connectivity index (χ1n) is 4.93. The van der Waals surface area contributed by atoms with Gasteiger partial charge < -0.3 is 5.32 Å². The van der Waals surface area contributed by atoms with Crippen molar-refractivity contribution in [2.75, 3.05) is 0 Å². The highest BCUT2D eigenvalue weighted by molar-refractivity contribution is 9.10. The van der Waals surface area contributed by atoms with Crippen LogP contribution in [0.1, 0.15) is 19.4 Å². The van der Waals surface area contributed by atoms with Crippen molar-refractivity contribution < 1.29 is 0 Å². The molecule has 0 bridgehead atoms. The molecule has 1 rings (SSSR count). The fourth-order valence-electron chi connectivity index (χ4n) is 1.01. The van der Waals surface area contributed by atoms with Gasteiger partial charge in [-0.15, -0.1) is 0 Å². The Kier molecular flexibility index (Phi) is 5.42. The van der Waals surface area contributed by atoms with Gasteiger partial charge in [-0.05, 0) is 43.8 Å². The summed E-state index contributed by atoms with van der Waals surface area (Å²) in [5.74, 6) is 0. The van der Waals surface area contributed by atoms with Gasteiger partial charge in [0.2, 0.25) is 0 Å². The summed E-state index contributed by atoms with van der Waals surface area (Å²) >= 11 is 8.40. The maximum atomic E-state index is 5.02. The van der Waals surface area contributed by atoms with Gasteiger partial charge in [-0.1, -0.05) is 28.1 Å². The summed E-state index contributed by atoms with van der Waals surface area (Å²) < 4.78 is 1.05. The van der Waals surface area contributed by atoms with Gasteiger partial charge in [-0.2, -0.15) is 5.10 Å². The summed E-state index contributed by atoms with van der Waals surface area (Å²) in [6.07, 6.45) is 1.72. The van der Waals surface area contributed by atoms with Crippen molar-refractivity contribution in [3.63, 3.8) is 0 Å². The molecule has 0 fully saturated rings. The van der Waals surface area contributed by atoms with E-state index in [0.29, 0.717) is 11.2 Å². The third kappa shape index (κ3) is 5.23. The van der Waals surface area contributed by atoms with E-state index in [1.165, 1.54) is 0 Å². The first-order valence-corrected chi connectivity index (χ1v) is 6.13. The Hall–Kier alpha value is -0.940. The van der Waals surface area contributed by atoms with Gasteiger partial charge >= 0.3 is 0 Å². The fraction of sp³-hybridized carbons (Fsp3) is 0.273. The number of nitrogens with one attached hydrogen (secondary N) is 2. The molecule has 0 aliphatic heterocycles. The van der Waals surface area contributed by atoms with E-state index in [1.54, 1.807) is 6.21 Å². The van der Waals surface area contributed by atoms with E-state index in [4.69, 9.17) is 12.2 Å². The van der Waals surface area contributed by atoms with Gasteiger partial charge in [-0.3, -0.25) is 5.43 Å². The van der Waals surface area contributed by atoms with E-state index < -0.39 is 0 Å². The highest BCUT2D eigenvalue weighted by Crippen LogP contribution is 2.08. The Morgan fingerprint density at radius 2 is 2.00 bits per heavy atom. The van der Waals surface area contributed by atoms with Crippen molar-refractivity contribution in [2.45, 2.75) is 19.9 Å². The Bertz CT molecular complexity index is 373. The van der Waals surface area contributed by atoms with Crippen LogP contribution in [0.5, 0.6) is 0 Å². The Morgan fingerprint density at radius 3 is 2.56 bits per heavy atom. The summed E-state index contributed by atoms with van der Waals surface area (Å²) in [7, 11) is 0. The van der Waals surface area contributed by atoms with Gasteiger partial charge in [0, 0.05) is 10.5 Å². The summed E-state index contributed by atoms with van der Waals surface area (Å²) in [4.78, 5) is 0. The summed E-state index contributed by atoms with van der Waals surface area (Å²) in [5.41, 5.74) is 3.77. The van der Waals surface area contributed by atoms with Crippen LogP contribution in [0.4, 0.5) is 0 Å². The average Bonchev–Trinajstić information content (AvgIpc) is 2.20. The van der Waals surface area contributed by atoms with Crippen LogP contribution in [-0.4, -0.2) is 17.4 Å². The number of thiocarbonyl (C=S) groups is 1. The van der Waals surface area contributed by atoms with Gasteiger partial charge in [0.1, 0.15) is 0 Å². The third-order valence-corrected chi connectivity index (χ3v) is 2.41. The summed E-state index contributed by atoms with van der Waals surface area (Å²) in [6.45, 7) is 4.04. The van der Waals surface area contributed by atoms with Crippen LogP contribution < -0.4 is 10.7 Å². The van der Waals surface area contributed by atoms with Crippen LogP contribution >= 0.6 is 28.1 Å². The highest BCUT2D eigenvalue weighted by atomic mass is 79.9. The Balaban J connectivity index is 2.43. The van der Waals surface area contributed by atoms with E-state index in [0.717, 1.165) is 10.0 Å². The van der Waals surface area contributed by atoms with E-state index >= 15 is 0 Å². The minimum absolute atomic E-state index is 0.308. The van der Waals surface area contributed by atoms with Crippen LogP contribution in [0.2, 0.25) is 0 Å². The highest BCUT2D eigenvalue weighted by Gasteiger charge is 1.94. The molecule has 0 amide bonds. The molecule has 0 atom stereocenters. The van der Waals surface area contributed by atoms with Crippen molar-refractivity contribution in [1.82, 2.24) is 10.7 Å².